The molecule has 0 aliphatic carbocycles. The molecular formula is C20H18BrN3O5S. The van der Waals surface area contributed by atoms with Gasteiger partial charge >= 0.3 is 5.97 Å². The van der Waals surface area contributed by atoms with E-state index in [0.717, 1.165) is 16.2 Å². The van der Waals surface area contributed by atoms with Crippen LogP contribution in [-0.2, 0) is 4.79 Å². The van der Waals surface area contributed by atoms with Crippen LogP contribution in [0.25, 0.3) is 17.5 Å². The number of carboxylic acids is 1. The fourth-order valence-electron chi connectivity index (χ4n) is 2.56. The number of methoxy groups -OCH3 is 3. The standard InChI is InChI=1S/C20H18BrN3O5S/c1-27-14-7-12(8-15(10-14)28-2)18-22-20(24-23-18)30-17(19(25)26)9-11-6-13(21)4-5-16(11)29-3/h4-10H,1-3H3,(H,25,26)(H,22,23,24)/b17-9-. The van der Waals surface area contributed by atoms with Crippen molar-refractivity contribution in [3.8, 4) is 28.6 Å². The van der Waals surface area contributed by atoms with Gasteiger partial charge in [-0.25, -0.2) is 9.78 Å². The number of ether oxygens (including phenoxy) is 3. The highest BCUT2D eigenvalue weighted by Crippen LogP contribution is 2.32. The fourth-order valence-corrected chi connectivity index (χ4v) is 3.63. The molecule has 156 valence electrons. The minimum atomic E-state index is -1.10. The first-order chi connectivity index (χ1) is 14.4. The average molecular weight is 492 g/mol. The zero-order valence-corrected chi connectivity index (χ0v) is 18.7. The van der Waals surface area contributed by atoms with Gasteiger partial charge in [0.05, 0.1) is 21.3 Å². The van der Waals surface area contributed by atoms with Crippen molar-refractivity contribution in [1.82, 2.24) is 15.2 Å². The normalized spacial score (nSPS) is 11.3. The van der Waals surface area contributed by atoms with Crippen molar-refractivity contribution in [2.45, 2.75) is 5.16 Å². The van der Waals surface area contributed by atoms with Crippen molar-refractivity contribution in [1.29, 1.82) is 0 Å². The minimum Gasteiger partial charge on any atom is -0.497 e. The molecule has 1 aromatic heterocycles. The molecule has 0 amide bonds. The number of aromatic nitrogens is 3. The number of hydrogen-bond donors (Lipinski definition) is 2. The van der Waals surface area contributed by atoms with Gasteiger partial charge < -0.3 is 19.3 Å². The highest BCUT2D eigenvalue weighted by atomic mass is 79.9. The largest absolute Gasteiger partial charge is 0.497 e. The molecule has 0 atom stereocenters. The van der Waals surface area contributed by atoms with Crippen molar-refractivity contribution in [3.05, 3.63) is 51.3 Å². The number of aromatic amines is 1. The van der Waals surface area contributed by atoms with Crippen LogP contribution < -0.4 is 14.2 Å². The summed E-state index contributed by atoms with van der Waals surface area (Å²) in [6.07, 6.45) is 1.52. The van der Waals surface area contributed by atoms with Crippen LogP contribution in [0.3, 0.4) is 0 Å². The van der Waals surface area contributed by atoms with Crippen LogP contribution in [0.15, 0.2) is 50.9 Å². The van der Waals surface area contributed by atoms with Crippen LogP contribution in [0.4, 0.5) is 0 Å². The molecule has 0 aliphatic rings. The zero-order chi connectivity index (χ0) is 21.7. The summed E-state index contributed by atoms with van der Waals surface area (Å²) in [6.45, 7) is 0. The molecule has 2 N–H and O–H groups in total. The number of rotatable bonds is 8. The smallest absolute Gasteiger partial charge is 0.342 e. The van der Waals surface area contributed by atoms with Gasteiger partial charge in [-0.15, -0.1) is 5.10 Å². The Labute approximate surface area is 185 Å². The third-order valence-corrected chi connectivity index (χ3v) is 5.35. The van der Waals surface area contributed by atoms with Crippen molar-refractivity contribution < 1.29 is 24.1 Å². The number of hydrogen-bond acceptors (Lipinski definition) is 7. The van der Waals surface area contributed by atoms with Gasteiger partial charge in [0.25, 0.3) is 0 Å². The lowest BCUT2D eigenvalue weighted by molar-refractivity contribution is -0.131. The first-order valence-electron chi connectivity index (χ1n) is 8.55. The lowest BCUT2D eigenvalue weighted by atomic mass is 10.2. The Kier molecular flexibility index (Phi) is 7.01. The van der Waals surface area contributed by atoms with E-state index in [1.807, 2.05) is 6.07 Å². The molecule has 0 aliphatic heterocycles. The molecule has 8 nitrogen and oxygen atoms in total. The Bertz CT molecular complexity index is 1080. The maximum atomic E-state index is 11.8. The second-order valence-corrected chi connectivity index (χ2v) is 7.79. The van der Waals surface area contributed by atoms with Crippen LogP contribution in [0, 0.1) is 0 Å². The molecule has 0 saturated carbocycles. The van der Waals surface area contributed by atoms with E-state index in [4.69, 9.17) is 14.2 Å². The monoisotopic (exact) mass is 491 g/mol. The summed E-state index contributed by atoms with van der Waals surface area (Å²) in [5.74, 6) is 1.11. The Balaban J connectivity index is 1.91. The molecule has 0 fully saturated rings. The molecule has 1 heterocycles. The number of benzene rings is 2. The van der Waals surface area contributed by atoms with E-state index in [0.29, 0.717) is 34.2 Å². The minimum absolute atomic E-state index is 0.0418. The summed E-state index contributed by atoms with van der Waals surface area (Å²) in [5.41, 5.74) is 1.31. The quantitative estimate of drug-likeness (QED) is 0.350. The third kappa shape index (κ3) is 5.14. The van der Waals surface area contributed by atoms with Crippen LogP contribution in [0.1, 0.15) is 5.56 Å². The molecule has 0 saturated heterocycles. The number of nitrogens with zero attached hydrogens (tertiary/aromatic N) is 2. The van der Waals surface area contributed by atoms with Gasteiger partial charge in [-0.1, -0.05) is 15.9 Å². The number of H-pyrrole nitrogens is 1. The molecular weight excluding hydrogens is 474 g/mol. The van der Waals surface area contributed by atoms with E-state index in [2.05, 4.69) is 31.1 Å². The number of halogens is 1. The van der Waals surface area contributed by atoms with Gasteiger partial charge in [-0.3, -0.25) is 5.10 Å². The van der Waals surface area contributed by atoms with Crippen molar-refractivity contribution in [3.63, 3.8) is 0 Å². The van der Waals surface area contributed by atoms with Gasteiger partial charge in [0.2, 0.25) is 5.16 Å². The van der Waals surface area contributed by atoms with Crippen LogP contribution >= 0.6 is 27.7 Å². The van der Waals surface area contributed by atoms with Crippen molar-refractivity contribution in [2.24, 2.45) is 0 Å². The van der Waals surface area contributed by atoms with E-state index in [9.17, 15) is 9.90 Å². The Hall–Kier alpha value is -2.98. The highest BCUT2D eigenvalue weighted by molar-refractivity contribution is 9.10. The maximum absolute atomic E-state index is 11.8. The van der Waals surface area contributed by atoms with Gasteiger partial charge in [0.1, 0.15) is 22.2 Å². The van der Waals surface area contributed by atoms with Gasteiger partial charge in [0, 0.05) is 21.7 Å². The topological polar surface area (TPSA) is 107 Å². The molecule has 10 heteroatoms. The van der Waals surface area contributed by atoms with Gasteiger partial charge in [-0.05, 0) is 48.2 Å². The lowest BCUT2D eigenvalue weighted by Gasteiger charge is -2.07. The third-order valence-electron chi connectivity index (χ3n) is 3.98. The number of nitrogens with one attached hydrogen (secondary N) is 1. The molecule has 30 heavy (non-hydrogen) atoms. The van der Waals surface area contributed by atoms with E-state index in [-0.39, 0.29) is 10.1 Å². The molecule has 0 unspecified atom stereocenters. The van der Waals surface area contributed by atoms with Crippen LogP contribution in [0.2, 0.25) is 0 Å². The SMILES string of the molecule is COc1cc(OC)cc(-c2nc(S/C(=C\c3cc(Br)ccc3OC)C(=O)O)n[nH]2)c1. The lowest BCUT2D eigenvalue weighted by Crippen LogP contribution is -1.98. The molecule has 0 radical (unpaired) electrons. The van der Waals surface area contributed by atoms with Crippen molar-refractivity contribution in [2.75, 3.05) is 21.3 Å². The highest BCUT2D eigenvalue weighted by Gasteiger charge is 2.16. The zero-order valence-electron chi connectivity index (χ0n) is 16.3. The summed E-state index contributed by atoms with van der Waals surface area (Å²) in [7, 11) is 4.64. The molecule has 2 aromatic carbocycles. The summed E-state index contributed by atoms with van der Waals surface area (Å²) in [4.78, 5) is 16.2. The van der Waals surface area contributed by atoms with Gasteiger partial charge in [-0.2, -0.15) is 0 Å². The maximum Gasteiger partial charge on any atom is 0.342 e. The second-order valence-electron chi connectivity index (χ2n) is 5.87. The number of carbonyl (C=O) groups is 1. The summed E-state index contributed by atoms with van der Waals surface area (Å²) in [6, 6.07) is 10.6. The van der Waals surface area contributed by atoms with E-state index >= 15 is 0 Å². The van der Waals surface area contributed by atoms with Gasteiger partial charge in [0.15, 0.2) is 5.82 Å². The van der Waals surface area contributed by atoms with Crippen molar-refractivity contribution >= 4 is 39.7 Å². The fraction of sp³-hybridized carbons (Fsp3) is 0.150. The Morgan fingerprint density at radius 1 is 1.10 bits per heavy atom. The number of carboxylic acid groups (broad SMARTS) is 1. The van der Waals surface area contributed by atoms with Crippen LogP contribution in [0.5, 0.6) is 17.2 Å². The van der Waals surface area contributed by atoms with E-state index in [1.165, 1.54) is 13.2 Å². The second kappa shape index (κ2) is 9.68. The Morgan fingerprint density at radius 3 is 2.40 bits per heavy atom. The van der Waals surface area contributed by atoms with Crippen LogP contribution in [-0.4, -0.2) is 47.6 Å². The van der Waals surface area contributed by atoms with E-state index in [1.54, 1.807) is 44.6 Å². The average Bonchev–Trinajstić information content (AvgIpc) is 3.21. The molecule has 3 rings (SSSR count). The predicted molar refractivity (Wildman–Crippen MR) is 117 cm³/mol. The first-order valence-corrected chi connectivity index (χ1v) is 10.2. The summed E-state index contributed by atoms with van der Waals surface area (Å²) < 4.78 is 16.6. The van der Waals surface area contributed by atoms with E-state index < -0.39 is 5.97 Å². The summed E-state index contributed by atoms with van der Waals surface area (Å²) >= 11 is 4.31. The molecule has 3 aromatic rings. The molecule has 0 bridgehead atoms. The summed E-state index contributed by atoms with van der Waals surface area (Å²) in [5, 5.41) is 16.9. The predicted octanol–water partition coefficient (Wildman–Crippen LogP) is 4.48. The first kappa shape index (κ1) is 21.7. The number of thioether (sulfide) groups is 1. The molecule has 0 spiro atoms. The number of aliphatic carboxylic acids is 1. The Morgan fingerprint density at radius 2 is 1.80 bits per heavy atom.